The molecule has 0 N–H and O–H groups in total. The number of anilines is 1. The van der Waals surface area contributed by atoms with Crippen molar-refractivity contribution < 1.29 is 13.7 Å². The van der Waals surface area contributed by atoms with Crippen LogP contribution in [0, 0.1) is 12.7 Å². The molecule has 1 atom stereocenters. The van der Waals surface area contributed by atoms with Crippen LogP contribution in [0.25, 0.3) is 17.2 Å². The summed E-state index contributed by atoms with van der Waals surface area (Å²) in [6, 6.07) is 3.09. The van der Waals surface area contributed by atoms with E-state index < -0.39 is 5.82 Å². The molecular weight excluding hydrogens is 401 g/mol. The van der Waals surface area contributed by atoms with Gasteiger partial charge in [-0.05, 0) is 13.0 Å². The predicted molar refractivity (Wildman–Crippen MR) is 101 cm³/mol. The van der Waals surface area contributed by atoms with Gasteiger partial charge in [0.2, 0.25) is 0 Å². The van der Waals surface area contributed by atoms with E-state index in [9.17, 15) is 4.39 Å². The Morgan fingerprint density at radius 3 is 3.00 bits per heavy atom. The van der Waals surface area contributed by atoms with E-state index in [0.717, 1.165) is 5.82 Å². The second-order valence-electron chi connectivity index (χ2n) is 6.56. The lowest BCUT2D eigenvalue weighted by atomic mass is 10.2. The molecule has 1 aliphatic rings. The minimum atomic E-state index is -0.526. The van der Waals surface area contributed by atoms with Crippen molar-refractivity contribution in [3.05, 3.63) is 53.3 Å². The molecular formula is C18H15ClFN7O2. The van der Waals surface area contributed by atoms with Crippen molar-refractivity contribution in [3.63, 3.8) is 0 Å². The van der Waals surface area contributed by atoms with Crippen LogP contribution in [0.5, 0.6) is 0 Å². The van der Waals surface area contributed by atoms with Gasteiger partial charge < -0.3 is 14.2 Å². The summed E-state index contributed by atoms with van der Waals surface area (Å²) in [6.45, 7) is 3.43. The first-order chi connectivity index (χ1) is 14.1. The van der Waals surface area contributed by atoms with Gasteiger partial charge >= 0.3 is 0 Å². The van der Waals surface area contributed by atoms with E-state index in [1.807, 2.05) is 6.07 Å². The maximum Gasteiger partial charge on any atom is 0.257 e. The number of halogens is 2. The van der Waals surface area contributed by atoms with E-state index in [1.165, 1.54) is 12.3 Å². The average Bonchev–Trinajstić information content (AvgIpc) is 3.35. The van der Waals surface area contributed by atoms with Gasteiger partial charge in [0.05, 0.1) is 24.4 Å². The number of morpholine rings is 1. The highest BCUT2D eigenvalue weighted by molar-refractivity contribution is 6.30. The molecule has 0 saturated carbocycles. The summed E-state index contributed by atoms with van der Waals surface area (Å²) >= 11 is 5.93. The summed E-state index contributed by atoms with van der Waals surface area (Å²) < 4.78 is 26.4. The second-order valence-corrected chi connectivity index (χ2v) is 6.97. The van der Waals surface area contributed by atoms with Crippen molar-refractivity contribution in [2.75, 3.05) is 24.6 Å². The van der Waals surface area contributed by atoms with Crippen LogP contribution in [0.1, 0.15) is 17.8 Å². The topological polar surface area (TPSA) is 94.5 Å². The summed E-state index contributed by atoms with van der Waals surface area (Å²) in [7, 11) is 0. The van der Waals surface area contributed by atoms with Crippen LogP contribution in [-0.4, -0.2) is 49.2 Å². The normalized spacial score (nSPS) is 17.2. The fourth-order valence-electron chi connectivity index (χ4n) is 3.24. The fourth-order valence-corrected chi connectivity index (χ4v) is 3.39. The van der Waals surface area contributed by atoms with Crippen LogP contribution in [0.2, 0.25) is 5.02 Å². The van der Waals surface area contributed by atoms with Crippen molar-refractivity contribution in [2.24, 2.45) is 0 Å². The van der Waals surface area contributed by atoms with Crippen LogP contribution in [0.4, 0.5) is 10.2 Å². The zero-order chi connectivity index (χ0) is 20.0. The highest BCUT2D eigenvalue weighted by Gasteiger charge is 2.27. The minimum Gasteiger partial charge on any atom is -0.365 e. The van der Waals surface area contributed by atoms with E-state index in [4.69, 9.17) is 20.9 Å². The first-order valence-electron chi connectivity index (χ1n) is 8.91. The van der Waals surface area contributed by atoms with Crippen LogP contribution < -0.4 is 4.90 Å². The SMILES string of the molecule is Cc1noc([C@H]2CN(c3ccnc(-c4cnc5cc(F)c(Cl)cn45)n3)CCO2)n1. The molecule has 1 fully saturated rings. The quantitative estimate of drug-likeness (QED) is 0.504. The van der Waals surface area contributed by atoms with E-state index in [0.29, 0.717) is 48.6 Å². The first-order valence-corrected chi connectivity index (χ1v) is 9.28. The number of pyridine rings is 1. The molecule has 4 aromatic heterocycles. The van der Waals surface area contributed by atoms with Gasteiger partial charge in [0.25, 0.3) is 5.89 Å². The number of fused-ring (bicyclic) bond motifs is 1. The average molecular weight is 416 g/mol. The molecule has 1 saturated heterocycles. The van der Waals surface area contributed by atoms with Crippen molar-refractivity contribution in [1.82, 2.24) is 29.5 Å². The molecule has 0 aromatic carbocycles. The van der Waals surface area contributed by atoms with Gasteiger partial charge in [-0.2, -0.15) is 4.98 Å². The summed E-state index contributed by atoms with van der Waals surface area (Å²) in [5.74, 6) is 1.66. The van der Waals surface area contributed by atoms with Crippen LogP contribution >= 0.6 is 11.6 Å². The smallest absolute Gasteiger partial charge is 0.257 e. The number of hydrogen-bond donors (Lipinski definition) is 0. The van der Waals surface area contributed by atoms with Gasteiger partial charge in [0.1, 0.15) is 23.0 Å². The van der Waals surface area contributed by atoms with E-state index in [2.05, 4.69) is 30.0 Å². The lowest BCUT2D eigenvalue weighted by Gasteiger charge is -2.32. The number of aryl methyl sites for hydroxylation is 1. The Bertz CT molecular complexity index is 1190. The third kappa shape index (κ3) is 3.30. The number of hydrogen-bond acceptors (Lipinski definition) is 8. The Hall–Kier alpha value is -3.11. The van der Waals surface area contributed by atoms with Gasteiger partial charge in [-0.25, -0.2) is 19.3 Å². The molecule has 0 spiro atoms. The van der Waals surface area contributed by atoms with Crippen molar-refractivity contribution in [2.45, 2.75) is 13.0 Å². The van der Waals surface area contributed by atoms with Crippen molar-refractivity contribution in [3.8, 4) is 11.5 Å². The van der Waals surface area contributed by atoms with Crippen LogP contribution in [-0.2, 0) is 4.74 Å². The molecule has 0 bridgehead atoms. The minimum absolute atomic E-state index is 0.00113. The summed E-state index contributed by atoms with van der Waals surface area (Å²) in [5.41, 5.74) is 1.04. The lowest BCUT2D eigenvalue weighted by Crippen LogP contribution is -2.39. The summed E-state index contributed by atoms with van der Waals surface area (Å²) in [4.78, 5) is 19.6. The number of ether oxygens (including phenoxy) is 1. The third-order valence-corrected chi connectivity index (χ3v) is 4.91. The maximum absolute atomic E-state index is 13.7. The van der Waals surface area contributed by atoms with Gasteiger partial charge in [0.15, 0.2) is 17.8 Å². The molecule has 1 aliphatic heterocycles. The molecule has 29 heavy (non-hydrogen) atoms. The molecule has 0 aliphatic carbocycles. The number of rotatable bonds is 3. The van der Waals surface area contributed by atoms with E-state index >= 15 is 0 Å². The van der Waals surface area contributed by atoms with E-state index in [-0.39, 0.29) is 11.1 Å². The Balaban J connectivity index is 1.46. The molecule has 0 unspecified atom stereocenters. The van der Waals surface area contributed by atoms with Gasteiger partial charge in [-0.15, -0.1) is 0 Å². The largest absolute Gasteiger partial charge is 0.365 e. The Labute approximate surface area is 169 Å². The molecule has 0 amide bonds. The second kappa shape index (κ2) is 7.05. The highest BCUT2D eigenvalue weighted by Crippen LogP contribution is 2.26. The monoisotopic (exact) mass is 415 g/mol. The molecule has 9 nitrogen and oxygen atoms in total. The standard InChI is InChI=1S/C18H15ClFN7O2/c1-10-23-18(29-25-10)14-9-26(4-5-28-14)15-2-3-21-17(24-15)13-7-22-16-6-12(20)11(19)8-27(13)16/h2-3,6-8,14H,4-5,9H2,1H3/t14-/m1/s1. The number of aromatic nitrogens is 6. The third-order valence-electron chi connectivity index (χ3n) is 4.63. The predicted octanol–water partition coefficient (Wildman–Crippen LogP) is 2.85. The molecule has 0 radical (unpaired) electrons. The summed E-state index contributed by atoms with van der Waals surface area (Å²) in [6.07, 6.45) is 4.39. The maximum atomic E-state index is 13.7. The number of nitrogens with zero attached hydrogens (tertiary/aromatic N) is 7. The Morgan fingerprint density at radius 1 is 1.28 bits per heavy atom. The zero-order valence-electron chi connectivity index (χ0n) is 15.3. The number of imidazole rings is 1. The molecule has 11 heteroatoms. The zero-order valence-corrected chi connectivity index (χ0v) is 16.0. The molecule has 148 valence electrons. The Kier molecular flexibility index (Phi) is 4.36. The lowest BCUT2D eigenvalue weighted by molar-refractivity contribution is 0.0184. The van der Waals surface area contributed by atoms with Crippen LogP contribution in [0.3, 0.4) is 0 Å². The molecule has 5 heterocycles. The van der Waals surface area contributed by atoms with Gasteiger partial charge in [0, 0.05) is 25.0 Å². The summed E-state index contributed by atoms with van der Waals surface area (Å²) in [5, 5.41) is 3.82. The van der Waals surface area contributed by atoms with Gasteiger partial charge in [-0.3, -0.25) is 4.40 Å². The van der Waals surface area contributed by atoms with Crippen LogP contribution in [0.15, 0.2) is 35.2 Å². The van der Waals surface area contributed by atoms with Crippen molar-refractivity contribution in [1.29, 1.82) is 0 Å². The highest BCUT2D eigenvalue weighted by atomic mass is 35.5. The Morgan fingerprint density at radius 2 is 2.17 bits per heavy atom. The molecule has 5 rings (SSSR count). The molecule has 4 aromatic rings. The van der Waals surface area contributed by atoms with Gasteiger partial charge in [-0.1, -0.05) is 16.8 Å². The fraction of sp³-hybridized carbons (Fsp3) is 0.278. The van der Waals surface area contributed by atoms with Crippen molar-refractivity contribution >= 4 is 23.1 Å². The van der Waals surface area contributed by atoms with E-state index in [1.54, 1.807) is 23.7 Å². The first kappa shape index (κ1) is 18.0.